The summed E-state index contributed by atoms with van der Waals surface area (Å²) in [6.45, 7) is 1.36. The van der Waals surface area contributed by atoms with Gasteiger partial charge in [0.05, 0.1) is 15.6 Å². The van der Waals surface area contributed by atoms with Crippen LogP contribution in [0, 0.1) is 0 Å². The van der Waals surface area contributed by atoms with Gasteiger partial charge >= 0.3 is 6.18 Å². The van der Waals surface area contributed by atoms with Crippen molar-refractivity contribution in [2.24, 2.45) is 0 Å². The fourth-order valence-electron chi connectivity index (χ4n) is 2.54. The van der Waals surface area contributed by atoms with Crippen LogP contribution in [0.15, 0.2) is 47.4 Å². The Balaban J connectivity index is 2.11. The van der Waals surface area contributed by atoms with Gasteiger partial charge in [-0.25, -0.2) is 8.42 Å². The first-order chi connectivity index (χ1) is 16.0. The van der Waals surface area contributed by atoms with E-state index in [0.29, 0.717) is 18.7 Å². The van der Waals surface area contributed by atoms with Crippen LogP contribution in [0.1, 0.15) is 17.3 Å². The first kappa shape index (κ1) is 28.4. The maximum atomic E-state index is 12.8. The first-order valence-corrected chi connectivity index (χ1v) is 11.9. The lowest BCUT2D eigenvalue weighted by Gasteiger charge is -2.25. The van der Waals surface area contributed by atoms with Crippen LogP contribution in [0.4, 0.5) is 24.5 Å². The summed E-state index contributed by atoms with van der Waals surface area (Å²) in [6.07, 6.45) is -5.24. The second-order valence-electron chi connectivity index (χ2n) is 7.91. The highest BCUT2D eigenvalue weighted by Crippen LogP contribution is 2.33. The molecule has 9 nitrogen and oxygen atoms in total. The van der Waals surface area contributed by atoms with Crippen molar-refractivity contribution in [2.45, 2.75) is 23.6 Å². The maximum Gasteiger partial charge on any atom is 0.426 e. The molecule has 0 bridgehead atoms. The lowest BCUT2D eigenvalue weighted by Crippen LogP contribution is -2.52. The van der Waals surface area contributed by atoms with Gasteiger partial charge in [-0.2, -0.15) is 13.2 Å². The zero-order valence-electron chi connectivity index (χ0n) is 18.9. The molecule has 192 valence electrons. The molecule has 0 aliphatic carbocycles. The Morgan fingerprint density at radius 2 is 1.69 bits per heavy atom. The van der Waals surface area contributed by atoms with Crippen molar-refractivity contribution in [3.05, 3.63) is 53.1 Å². The third-order valence-corrected chi connectivity index (χ3v) is 6.43. The second kappa shape index (κ2) is 10.8. The molecule has 0 radical (unpaired) electrons. The number of anilines is 2. The average molecular weight is 537 g/mol. The third-order valence-electron chi connectivity index (χ3n) is 4.74. The van der Waals surface area contributed by atoms with Crippen LogP contribution < -0.4 is 15.4 Å². The van der Waals surface area contributed by atoms with Gasteiger partial charge in [0.1, 0.15) is 0 Å². The van der Waals surface area contributed by atoms with Crippen molar-refractivity contribution in [2.75, 3.05) is 37.2 Å². The largest absolute Gasteiger partial charge is 0.426 e. The number of hydrogen-bond acceptors (Lipinski definition) is 6. The van der Waals surface area contributed by atoms with E-state index in [1.54, 1.807) is 0 Å². The molecule has 14 heteroatoms. The number of carbonyl (C=O) groups excluding carboxylic acids is 2. The summed E-state index contributed by atoms with van der Waals surface area (Å²) >= 11 is 5.95. The number of nitrogens with one attached hydrogen (secondary N) is 3. The predicted octanol–water partition coefficient (Wildman–Crippen LogP) is 2.68. The van der Waals surface area contributed by atoms with Crippen molar-refractivity contribution >= 4 is 44.8 Å². The number of alkyl halides is 3. The van der Waals surface area contributed by atoms with Crippen LogP contribution in [0.5, 0.6) is 0 Å². The summed E-state index contributed by atoms with van der Waals surface area (Å²) in [6, 6.07) is 8.55. The summed E-state index contributed by atoms with van der Waals surface area (Å²) in [5.41, 5.74) is -3.54. The molecule has 0 saturated carbocycles. The Bertz CT molecular complexity index is 1190. The van der Waals surface area contributed by atoms with Crippen LogP contribution >= 0.6 is 11.6 Å². The normalized spacial score (nSPS) is 13.7. The summed E-state index contributed by atoms with van der Waals surface area (Å²) in [5.74, 6) is -2.11. The average Bonchev–Trinajstić information content (AvgIpc) is 2.74. The van der Waals surface area contributed by atoms with E-state index >= 15 is 0 Å². The van der Waals surface area contributed by atoms with Crippen molar-refractivity contribution < 1.29 is 36.3 Å². The van der Waals surface area contributed by atoms with Gasteiger partial charge in [0, 0.05) is 24.3 Å². The van der Waals surface area contributed by atoms with Crippen molar-refractivity contribution in [1.82, 2.24) is 10.2 Å². The molecule has 4 N–H and O–H groups in total. The van der Waals surface area contributed by atoms with Crippen LogP contribution in [0.3, 0.4) is 0 Å². The Kier molecular flexibility index (Phi) is 8.76. The number of aliphatic hydroxyl groups is 1. The fourth-order valence-corrected chi connectivity index (χ4v) is 3.91. The molecule has 0 aromatic heterocycles. The zero-order valence-corrected chi connectivity index (χ0v) is 20.5. The van der Waals surface area contributed by atoms with Gasteiger partial charge in [0.2, 0.25) is 5.60 Å². The van der Waals surface area contributed by atoms with Gasteiger partial charge in [-0.1, -0.05) is 11.6 Å². The van der Waals surface area contributed by atoms with Crippen molar-refractivity contribution in [3.8, 4) is 0 Å². The van der Waals surface area contributed by atoms with Gasteiger partial charge in [-0.05, 0) is 63.5 Å². The standard InChI is InChI=1S/C21H24ClF3N4O5S/c1-20(32,21(23,24)25)19(31)27-17-9-8-15(12-16(17)22)35(33,34)28-14-6-4-13(5-7-14)18(30)26-10-11-29(2)3/h4-9,12,28,32H,10-11H2,1-3H3,(H,26,30)(H,27,31). The fraction of sp³-hybridized carbons (Fsp3) is 0.333. The van der Waals surface area contributed by atoms with Crippen LogP contribution in [0.25, 0.3) is 0 Å². The Hall–Kier alpha value is -2.87. The van der Waals surface area contributed by atoms with E-state index in [1.807, 2.05) is 24.3 Å². The minimum atomic E-state index is -5.24. The SMILES string of the molecule is CN(C)CCNC(=O)c1ccc(NS(=O)(=O)c2ccc(NC(=O)C(C)(O)C(F)(F)F)c(Cl)c2)cc1. The number of rotatable bonds is 9. The predicted molar refractivity (Wildman–Crippen MR) is 125 cm³/mol. The highest BCUT2D eigenvalue weighted by molar-refractivity contribution is 7.92. The van der Waals surface area contributed by atoms with E-state index in [0.717, 1.165) is 18.2 Å². The Morgan fingerprint density at radius 3 is 2.20 bits per heavy atom. The maximum absolute atomic E-state index is 12.8. The summed E-state index contributed by atoms with van der Waals surface area (Å²) in [5, 5.41) is 13.6. The second-order valence-corrected chi connectivity index (χ2v) is 10.00. The van der Waals surface area contributed by atoms with E-state index in [1.165, 1.54) is 24.3 Å². The minimum absolute atomic E-state index is 0.143. The molecule has 0 aliphatic rings. The van der Waals surface area contributed by atoms with Gasteiger partial charge in [0.25, 0.3) is 21.8 Å². The molecule has 0 fully saturated rings. The zero-order chi connectivity index (χ0) is 26.6. The Morgan fingerprint density at radius 1 is 1.09 bits per heavy atom. The molecular weight excluding hydrogens is 513 g/mol. The van der Waals surface area contributed by atoms with E-state index in [-0.39, 0.29) is 34.1 Å². The highest BCUT2D eigenvalue weighted by Gasteiger charge is 2.55. The molecule has 2 aromatic carbocycles. The van der Waals surface area contributed by atoms with E-state index in [2.05, 4.69) is 10.0 Å². The lowest BCUT2D eigenvalue weighted by atomic mass is 10.1. The number of carbonyl (C=O) groups is 2. The van der Waals surface area contributed by atoms with Crippen LogP contribution in [-0.2, 0) is 14.8 Å². The molecular formula is C21H24ClF3N4O5S. The van der Waals surface area contributed by atoms with Gasteiger partial charge in [-0.3, -0.25) is 14.3 Å². The number of sulfonamides is 1. The summed E-state index contributed by atoms with van der Waals surface area (Å²) in [7, 11) is -0.445. The molecule has 1 unspecified atom stereocenters. The number of halogens is 4. The number of amides is 2. The first-order valence-electron chi connectivity index (χ1n) is 10.0. The Labute approximate surface area is 205 Å². The molecule has 0 heterocycles. The van der Waals surface area contributed by atoms with Gasteiger partial charge in [0.15, 0.2) is 0 Å². The van der Waals surface area contributed by atoms with E-state index in [4.69, 9.17) is 11.6 Å². The van der Waals surface area contributed by atoms with Crippen LogP contribution in [0.2, 0.25) is 5.02 Å². The molecule has 2 amide bonds. The van der Waals surface area contributed by atoms with Crippen molar-refractivity contribution in [1.29, 1.82) is 0 Å². The van der Waals surface area contributed by atoms with Gasteiger partial charge < -0.3 is 20.6 Å². The van der Waals surface area contributed by atoms with E-state index in [9.17, 15) is 36.3 Å². The third kappa shape index (κ3) is 7.31. The smallest absolute Gasteiger partial charge is 0.373 e. The molecule has 0 spiro atoms. The van der Waals surface area contributed by atoms with Crippen molar-refractivity contribution in [3.63, 3.8) is 0 Å². The number of benzene rings is 2. The topological polar surface area (TPSA) is 128 Å². The summed E-state index contributed by atoms with van der Waals surface area (Å²) < 4.78 is 66.1. The highest BCUT2D eigenvalue weighted by atomic mass is 35.5. The molecule has 0 saturated heterocycles. The number of likely N-dealkylation sites (N-methyl/N-ethyl adjacent to an activating group) is 1. The van der Waals surface area contributed by atoms with Crippen LogP contribution in [-0.4, -0.2) is 69.2 Å². The molecule has 2 rings (SSSR count). The molecule has 35 heavy (non-hydrogen) atoms. The minimum Gasteiger partial charge on any atom is -0.373 e. The molecule has 0 aliphatic heterocycles. The number of hydrogen-bond donors (Lipinski definition) is 4. The number of nitrogens with zero attached hydrogens (tertiary/aromatic N) is 1. The molecule has 2 aromatic rings. The van der Waals surface area contributed by atoms with Gasteiger partial charge in [-0.15, -0.1) is 0 Å². The lowest BCUT2D eigenvalue weighted by molar-refractivity contribution is -0.242. The summed E-state index contributed by atoms with van der Waals surface area (Å²) in [4.78, 5) is 25.5. The van der Waals surface area contributed by atoms with E-state index < -0.39 is 27.7 Å². The quantitative estimate of drug-likeness (QED) is 0.390. The monoisotopic (exact) mass is 536 g/mol. The molecule has 1 atom stereocenters.